The van der Waals surface area contributed by atoms with Gasteiger partial charge in [0.15, 0.2) is 10.8 Å². The van der Waals surface area contributed by atoms with Crippen LogP contribution < -0.4 is 10.1 Å². The zero-order valence-corrected chi connectivity index (χ0v) is 19.3. The Labute approximate surface area is 197 Å². The molecule has 5 nitrogen and oxygen atoms in total. The average molecular weight is 489 g/mol. The van der Waals surface area contributed by atoms with E-state index in [9.17, 15) is 17.6 Å². The van der Waals surface area contributed by atoms with Gasteiger partial charge in [0.1, 0.15) is 11.4 Å². The highest BCUT2D eigenvalue weighted by Crippen LogP contribution is 2.43. The average Bonchev–Trinajstić information content (AvgIpc) is 3.20. The van der Waals surface area contributed by atoms with E-state index in [1.165, 1.54) is 30.6 Å². The fourth-order valence-electron chi connectivity index (χ4n) is 3.25. The number of pyridine rings is 2. The lowest BCUT2D eigenvalue weighted by Gasteiger charge is -2.22. The van der Waals surface area contributed by atoms with E-state index in [2.05, 4.69) is 20.3 Å². The molecule has 0 unspecified atom stereocenters. The van der Waals surface area contributed by atoms with Gasteiger partial charge >= 0.3 is 6.18 Å². The lowest BCUT2D eigenvalue weighted by molar-refractivity contribution is -0.140. The molecule has 10 heteroatoms. The van der Waals surface area contributed by atoms with Gasteiger partial charge in [-0.1, -0.05) is 50.3 Å². The van der Waals surface area contributed by atoms with Crippen LogP contribution in [0, 0.1) is 5.95 Å². The quantitative estimate of drug-likeness (QED) is 0.232. The Balaban J connectivity index is 1.73. The Morgan fingerprint density at radius 2 is 1.62 bits per heavy atom. The molecular weight excluding hydrogens is 468 g/mol. The van der Waals surface area contributed by atoms with E-state index in [-0.39, 0.29) is 27.0 Å². The minimum atomic E-state index is -4.67. The first-order chi connectivity index (χ1) is 16.0. The van der Waals surface area contributed by atoms with Crippen molar-refractivity contribution in [1.82, 2.24) is 15.0 Å². The van der Waals surface area contributed by atoms with Gasteiger partial charge in [-0.3, -0.25) is 4.98 Å². The fourth-order valence-corrected chi connectivity index (χ4v) is 4.25. The summed E-state index contributed by atoms with van der Waals surface area (Å²) in [5.74, 6) is -0.448. The zero-order chi connectivity index (χ0) is 24.5. The molecule has 0 radical (unpaired) electrons. The van der Waals surface area contributed by atoms with Gasteiger partial charge in [0.25, 0.3) is 0 Å². The molecule has 0 atom stereocenters. The van der Waals surface area contributed by atoms with Crippen molar-refractivity contribution in [2.24, 2.45) is 0 Å². The van der Waals surface area contributed by atoms with Crippen LogP contribution in [0.1, 0.15) is 32.0 Å². The first kappa shape index (κ1) is 23.6. The predicted octanol–water partition coefficient (Wildman–Crippen LogP) is 7.59. The van der Waals surface area contributed by atoms with Gasteiger partial charge in [-0.25, -0.2) is 4.98 Å². The highest BCUT2D eigenvalue weighted by Gasteiger charge is 2.38. The van der Waals surface area contributed by atoms with Crippen molar-refractivity contribution in [1.29, 1.82) is 0 Å². The lowest BCUT2D eigenvalue weighted by atomic mass is 9.86. The summed E-state index contributed by atoms with van der Waals surface area (Å²) in [7, 11) is 0. The molecule has 0 aliphatic rings. The van der Waals surface area contributed by atoms with E-state index in [0.29, 0.717) is 11.3 Å². The molecule has 4 aromatic rings. The second-order valence-corrected chi connectivity index (χ2v) is 9.39. The van der Waals surface area contributed by atoms with E-state index >= 15 is 0 Å². The van der Waals surface area contributed by atoms with Crippen molar-refractivity contribution in [3.8, 4) is 22.1 Å². The van der Waals surface area contributed by atoms with Gasteiger partial charge in [-0.15, -0.1) is 0 Å². The number of alkyl halides is 3. The second-order valence-electron chi connectivity index (χ2n) is 8.39. The van der Waals surface area contributed by atoms with Crippen LogP contribution in [0.5, 0.6) is 11.6 Å². The summed E-state index contributed by atoms with van der Waals surface area (Å²) >= 11 is 0.814. The molecule has 1 aromatic carbocycles. The van der Waals surface area contributed by atoms with Crippen molar-refractivity contribution in [2.45, 2.75) is 32.4 Å². The largest absolute Gasteiger partial charge is 0.437 e. The topological polar surface area (TPSA) is 59.9 Å². The van der Waals surface area contributed by atoms with Crippen LogP contribution in [-0.4, -0.2) is 15.0 Å². The van der Waals surface area contributed by atoms with Crippen molar-refractivity contribution in [3.05, 3.63) is 78.1 Å². The monoisotopic (exact) mass is 488 g/mol. The molecule has 0 bridgehead atoms. The van der Waals surface area contributed by atoms with Gasteiger partial charge in [-0.05, 0) is 41.3 Å². The summed E-state index contributed by atoms with van der Waals surface area (Å²) in [6.07, 6.45) is -1.85. The number of thiazole rings is 1. The highest BCUT2D eigenvalue weighted by atomic mass is 32.1. The molecule has 0 aliphatic carbocycles. The van der Waals surface area contributed by atoms with Crippen LogP contribution in [0.2, 0.25) is 0 Å². The number of hydrogen-bond donors (Lipinski definition) is 1. The van der Waals surface area contributed by atoms with Crippen LogP contribution >= 0.6 is 11.3 Å². The molecule has 3 aromatic heterocycles. The van der Waals surface area contributed by atoms with Gasteiger partial charge in [0, 0.05) is 18.0 Å². The second kappa shape index (κ2) is 9.02. The first-order valence-electron chi connectivity index (χ1n) is 10.2. The maximum Gasteiger partial charge on any atom is 0.434 e. The Morgan fingerprint density at radius 3 is 2.29 bits per heavy atom. The smallest absolute Gasteiger partial charge is 0.434 e. The molecule has 34 heavy (non-hydrogen) atoms. The van der Waals surface area contributed by atoms with E-state index in [4.69, 9.17) is 4.74 Å². The number of anilines is 2. The number of rotatable bonds is 5. The maximum absolute atomic E-state index is 14.0. The predicted molar refractivity (Wildman–Crippen MR) is 123 cm³/mol. The molecule has 0 saturated carbocycles. The third kappa shape index (κ3) is 5.17. The minimum absolute atomic E-state index is 0.0403. The van der Waals surface area contributed by atoms with Crippen LogP contribution in [-0.2, 0) is 11.6 Å². The van der Waals surface area contributed by atoms with Crippen LogP contribution in [0.4, 0.5) is 28.4 Å². The standard InChI is InChI=1S/C24H20F4N4OS/c1-23(2,3)15-6-4-5-7-17(15)33-21-16(8-9-18(25)31-21)30-22-32-20(24(26,27)28)19(34-22)14-10-12-29-13-11-14/h4-13H,1-3H3,(H,30,32). The molecular formula is C24H20F4N4OS. The summed E-state index contributed by atoms with van der Waals surface area (Å²) in [5, 5.41) is 2.78. The third-order valence-corrected chi connectivity index (χ3v) is 5.83. The maximum atomic E-state index is 14.0. The molecule has 0 saturated heterocycles. The summed E-state index contributed by atoms with van der Waals surface area (Å²) in [6.45, 7) is 6.01. The number of benzene rings is 1. The molecule has 0 fully saturated rings. The molecule has 0 amide bonds. The minimum Gasteiger partial charge on any atom is -0.437 e. The number of ether oxygens (including phenoxy) is 1. The molecule has 3 heterocycles. The van der Waals surface area contributed by atoms with E-state index in [0.717, 1.165) is 23.0 Å². The van der Waals surface area contributed by atoms with Crippen molar-refractivity contribution in [2.75, 3.05) is 5.32 Å². The highest BCUT2D eigenvalue weighted by molar-refractivity contribution is 7.19. The number of aromatic nitrogens is 3. The van der Waals surface area contributed by atoms with Crippen molar-refractivity contribution >= 4 is 22.2 Å². The number of nitrogens with zero attached hydrogens (tertiary/aromatic N) is 3. The summed E-state index contributed by atoms with van der Waals surface area (Å²) in [5.41, 5.74) is 0.0744. The summed E-state index contributed by atoms with van der Waals surface area (Å²) < 4.78 is 61.0. The fraction of sp³-hybridized carbons (Fsp3) is 0.208. The first-order valence-corrected chi connectivity index (χ1v) is 11.0. The van der Waals surface area contributed by atoms with Crippen molar-refractivity contribution < 1.29 is 22.3 Å². The zero-order valence-electron chi connectivity index (χ0n) is 18.4. The number of nitrogens with one attached hydrogen (secondary N) is 1. The van der Waals surface area contributed by atoms with E-state index < -0.39 is 17.8 Å². The Bertz CT molecular complexity index is 1300. The summed E-state index contributed by atoms with van der Waals surface area (Å²) in [6, 6.07) is 12.6. The number of halogens is 4. The molecule has 0 spiro atoms. The van der Waals surface area contributed by atoms with Crippen LogP contribution in [0.25, 0.3) is 10.4 Å². The number of para-hydroxylation sites is 1. The van der Waals surface area contributed by atoms with Gasteiger partial charge in [0.2, 0.25) is 11.8 Å². The summed E-state index contributed by atoms with van der Waals surface area (Å²) in [4.78, 5) is 11.4. The van der Waals surface area contributed by atoms with E-state index in [1.54, 1.807) is 12.1 Å². The Kier molecular flexibility index (Phi) is 6.26. The lowest BCUT2D eigenvalue weighted by Crippen LogP contribution is -2.12. The van der Waals surface area contributed by atoms with Crippen LogP contribution in [0.15, 0.2) is 60.9 Å². The van der Waals surface area contributed by atoms with Crippen molar-refractivity contribution in [3.63, 3.8) is 0 Å². The van der Waals surface area contributed by atoms with Gasteiger partial charge < -0.3 is 10.1 Å². The molecule has 1 N–H and O–H groups in total. The third-order valence-electron chi connectivity index (χ3n) is 4.81. The van der Waals surface area contributed by atoms with Gasteiger partial charge in [-0.2, -0.15) is 22.5 Å². The van der Waals surface area contributed by atoms with E-state index in [1.807, 2.05) is 32.9 Å². The molecule has 176 valence electrons. The van der Waals surface area contributed by atoms with Crippen LogP contribution in [0.3, 0.4) is 0 Å². The normalized spacial score (nSPS) is 12.0. The molecule has 0 aliphatic heterocycles. The SMILES string of the molecule is CC(C)(C)c1ccccc1Oc1nc(F)ccc1Nc1nc(C(F)(F)F)c(-c2ccncc2)s1. The molecule has 4 rings (SSSR count). The Morgan fingerprint density at radius 1 is 0.912 bits per heavy atom. The number of hydrogen-bond acceptors (Lipinski definition) is 6. The Hall–Kier alpha value is -3.53. The van der Waals surface area contributed by atoms with Gasteiger partial charge in [0.05, 0.1) is 4.88 Å².